The topological polar surface area (TPSA) is 35.5 Å². The number of esters is 1. The summed E-state index contributed by atoms with van der Waals surface area (Å²) in [6, 6.07) is 9.96. The van der Waals surface area contributed by atoms with Gasteiger partial charge in [-0.05, 0) is 18.4 Å². The van der Waals surface area contributed by atoms with Crippen LogP contribution in [0.2, 0.25) is 0 Å². The van der Waals surface area contributed by atoms with Crippen molar-refractivity contribution in [3.63, 3.8) is 0 Å². The number of hydrogen-bond acceptors (Lipinski definition) is 3. The van der Waals surface area contributed by atoms with Crippen LogP contribution >= 0.6 is 0 Å². The second-order valence-corrected chi connectivity index (χ2v) is 4.01. The largest absolute Gasteiger partial charge is 0.465 e. The molecule has 1 unspecified atom stereocenters. The van der Waals surface area contributed by atoms with Crippen molar-refractivity contribution in [2.24, 2.45) is 5.92 Å². The molecule has 1 heterocycles. The highest BCUT2D eigenvalue weighted by molar-refractivity contribution is 5.73. The normalized spacial score (nSPS) is 20.5. The molecule has 1 aromatic carbocycles. The predicted molar refractivity (Wildman–Crippen MR) is 59.8 cm³/mol. The Morgan fingerprint density at radius 1 is 1.31 bits per heavy atom. The van der Waals surface area contributed by atoms with Gasteiger partial charge in [0.1, 0.15) is 0 Å². The molecule has 1 atom stereocenters. The molecule has 1 saturated heterocycles. The van der Waals surface area contributed by atoms with Gasteiger partial charge in [0.05, 0.1) is 25.7 Å². The zero-order valence-electron chi connectivity index (χ0n) is 9.22. The molecule has 86 valence electrons. The Kier molecular flexibility index (Phi) is 3.94. The van der Waals surface area contributed by atoms with E-state index in [4.69, 9.17) is 9.47 Å². The fourth-order valence-electron chi connectivity index (χ4n) is 1.78. The van der Waals surface area contributed by atoms with Gasteiger partial charge in [-0.25, -0.2) is 0 Å². The molecule has 2 rings (SSSR count). The molecule has 16 heavy (non-hydrogen) atoms. The fourth-order valence-corrected chi connectivity index (χ4v) is 1.78. The van der Waals surface area contributed by atoms with Gasteiger partial charge in [0.25, 0.3) is 0 Å². The first-order chi connectivity index (χ1) is 7.86. The first-order valence-electron chi connectivity index (χ1n) is 5.64. The number of ether oxygens (including phenoxy) is 2. The van der Waals surface area contributed by atoms with Crippen LogP contribution in [-0.2, 0) is 20.9 Å². The van der Waals surface area contributed by atoms with Crippen LogP contribution in [0.5, 0.6) is 0 Å². The maximum Gasteiger partial charge on any atom is 0.311 e. The number of carbonyl (C=O) groups excluding carboxylic acids is 1. The molecule has 0 amide bonds. The third kappa shape index (κ3) is 3.07. The van der Waals surface area contributed by atoms with Crippen molar-refractivity contribution < 1.29 is 14.3 Å². The number of rotatable bonds is 4. The molecule has 0 saturated carbocycles. The van der Waals surface area contributed by atoms with E-state index in [0.29, 0.717) is 19.8 Å². The summed E-state index contributed by atoms with van der Waals surface area (Å²) in [6.45, 7) is 1.59. The van der Waals surface area contributed by atoms with E-state index in [1.807, 2.05) is 30.3 Å². The first-order valence-corrected chi connectivity index (χ1v) is 5.64. The van der Waals surface area contributed by atoms with Crippen molar-refractivity contribution in [1.82, 2.24) is 0 Å². The molecule has 0 radical (unpaired) electrons. The summed E-state index contributed by atoms with van der Waals surface area (Å²) in [4.78, 5) is 11.3. The molecule has 0 spiro atoms. The molecule has 0 aromatic heterocycles. The minimum absolute atomic E-state index is 0.0718. The van der Waals surface area contributed by atoms with Gasteiger partial charge in [-0.1, -0.05) is 30.3 Å². The quantitative estimate of drug-likeness (QED) is 0.729. The van der Waals surface area contributed by atoms with Gasteiger partial charge in [0.2, 0.25) is 0 Å². The van der Waals surface area contributed by atoms with E-state index >= 15 is 0 Å². The molecule has 0 aliphatic carbocycles. The molecule has 3 nitrogen and oxygen atoms in total. The zero-order valence-corrected chi connectivity index (χ0v) is 9.22. The van der Waals surface area contributed by atoms with E-state index in [9.17, 15) is 4.79 Å². The van der Waals surface area contributed by atoms with E-state index in [0.717, 1.165) is 18.4 Å². The summed E-state index contributed by atoms with van der Waals surface area (Å²) >= 11 is 0. The molecule has 1 aliphatic rings. The summed E-state index contributed by atoms with van der Waals surface area (Å²) in [5, 5.41) is 0. The van der Waals surface area contributed by atoms with Crippen LogP contribution in [0.25, 0.3) is 0 Å². The zero-order chi connectivity index (χ0) is 11.2. The third-order valence-electron chi connectivity index (χ3n) is 2.71. The molecule has 1 fully saturated rings. The van der Waals surface area contributed by atoms with Crippen molar-refractivity contribution in [1.29, 1.82) is 0 Å². The molecule has 0 bridgehead atoms. The maximum atomic E-state index is 11.3. The van der Waals surface area contributed by atoms with Crippen molar-refractivity contribution >= 4 is 5.97 Å². The Balaban J connectivity index is 1.73. The third-order valence-corrected chi connectivity index (χ3v) is 2.71. The summed E-state index contributed by atoms with van der Waals surface area (Å²) in [6.07, 6.45) is 1.83. The van der Waals surface area contributed by atoms with Crippen molar-refractivity contribution in [2.75, 3.05) is 13.2 Å². The van der Waals surface area contributed by atoms with E-state index in [-0.39, 0.29) is 11.9 Å². The molecular formula is C13H16O3. The summed E-state index contributed by atoms with van der Waals surface area (Å²) in [5.41, 5.74) is 1.13. The van der Waals surface area contributed by atoms with Crippen LogP contribution in [0.4, 0.5) is 0 Å². The van der Waals surface area contributed by atoms with Crippen LogP contribution in [0.1, 0.15) is 18.4 Å². The van der Waals surface area contributed by atoms with Crippen LogP contribution < -0.4 is 0 Å². The van der Waals surface area contributed by atoms with Gasteiger partial charge in [-0.2, -0.15) is 0 Å². The average Bonchev–Trinajstić information content (AvgIpc) is 2.33. The number of cyclic esters (lactones) is 1. The fraction of sp³-hybridized carbons (Fsp3) is 0.462. The highest BCUT2D eigenvalue weighted by Crippen LogP contribution is 2.16. The van der Waals surface area contributed by atoms with Crippen LogP contribution in [0.3, 0.4) is 0 Å². The lowest BCUT2D eigenvalue weighted by molar-refractivity contribution is -0.155. The lowest BCUT2D eigenvalue weighted by Crippen LogP contribution is -2.27. The standard InChI is InChI=1S/C13H16O3/c14-13-12(7-4-8-16-13)10-15-9-11-5-2-1-3-6-11/h1-3,5-6,12H,4,7-10H2. The Labute approximate surface area is 95.4 Å². The van der Waals surface area contributed by atoms with Gasteiger partial charge in [0.15, 0.2) is 0 Å². The van der Waals surface area contributed by atoms with Crippen molar-refractivity contribution in [3.8, 4) is 0 Å². The number of hydrogen-bond donors (Lipinski definition) is 0. The van der Waals surface area contributed by atoms with Gasteiger partial charge in [0, 0.05) is 0 Å². The first kappa shape index (κ1) is 11.1. The van der Waals surface area contributed by atoms with Gasteiger partial charge >= 0.3 is 5.97 Å². The summed E-state index contributed by atoms with van der Waals surface area (Å²) in [7, 11) is 0. The van der Waals surface area contributed by atoms with E-state index in [1.165, 1.54) is 0 Å². The van der Waals surface area contributed by atoms with Gasteiger partial charge < -0.3 is 9.47 Å². The summed E-state index contributed by atoms with van der Waals surface area (Å²) in [5.74, 6) is -0.184. The molecule has 1 aromatic rings. The van der Waals surface area contributed by atoms with Gasteiger partial charge in [-0.15, -0.1) is 0 Å². The Hall–Kier alpha value is -1.35. The van der Waals surface area contributed by atoms with Crippen molar-refractivity contribution in [3.05, 3.63) is 35.9 Å². The predicted octanol–water partition coefficient (Wildman–Crippen LogP) is 2.16. The molecule has 0 N–H and O–H groups in total. The second-order valence-electron chi connectivity index (χ2n) is 4.01. The highest BCUT2D eigenvalue weighted by Gasteiger charge is 2.23. The smallest absolute Gasteiger partial charge is 0.311 e. The lowest BCUT2D eigenvalue weighted by Gasteiger charge is -2.20. The minimum Gasteiger partial charge on any atom is -0.465 e. The maximum absolute atomic E-state index is 11.3. The van der Waals surface area contributed by atoms with Crippen molar-refractivity contribution in [2.45, 2.75) is 19.4 Å². The number of benzene rings is 1. The lowest BCUT2D eigenvalue weighted by atomic mass is 10.0. The van der Waals surface area contributed by atoms with Gasteiger partial charge in [-0.3, -0.25) is 4.79 Å². The molecule has 3 heteroatoms. The molecular weight excluding hydrogens is 204 g/mol. The Morgan fingerprint density at radius 2 is 2.12 bits per heavy atom. The SMILES string of the molecule is O=C1OCCCC1COCc1ccccc1. The summed E-state index contributed by atoms with van der Waals surface area (Å²) < 4.78 is 10.5. The molecule has 1 aliphatic heterocycles. The van der Waals surface area contributed by atoms with E-state index < -0.39 is 0 Å². The minimum atomic E-state index is -0.112. The van der Waals surface area contributed by atoms with Crippen LogP contribution in [0, 0.1) is 5.92 Å². The van der Waals surface area contributed by atoms with E-state index in [1.54, 1.807) is 0 Å². The second kappa shape index (κ2) is 5.66. The average molecular weight is 220 g/mol. The van der Waals surface area contributed by atoms with E-state index in [2.05, 4.69) is 0 Å². The van der Waals surface area contributed by atoms with Crippen LogP contribution in [-0.4, -0.2) is 19.2 Å². The Bertz CT molecular complexity index is 334. The Morgan fingerprint density at radius 3 is 2.88 bits per heavy atom. The number of carbonyl (C=O) groups is 1. The monoisotopic (exact) mass is 220 g/mol. The highest BCUT2D eigenvalue weighted by atomic mass is 16.5. The van der Waals surface area contributed by atoms with Crippen LogP contribution in [0.15, 0.2) is 30.3 Å².